The van der Waals surface area contributed by atoms with E-state index >= 15 is 0 Å². The molecule has 0 N–H and O–H groups in total. The van der Waals surface area contributed by atoms with Gasteiger partial charge in [-0.2, -0.15) is 0 Å². The lowest BCUT2D eigenvalue weighted by Gasteiger charge is -1.96. The van der Waals surface area contributed by atoms with Crippen LogP contribution in [0.15, 0.2) is 31.1 Å². The van der Waals surface area contributed by atoms with E-state index in [1.54, 1.807) is 24.8 Å². The summed E-state index contributed by atoms with van der Waals surface area (Å²) in [5.41, 5.74) is 1.52. The fourth-order valence-electron chi connectivity index (χ4n) is 0.796. The molecule has 4 nitrogen and oxygen atoms in total. The Kier molecular flexibility index (Phi) is 1.37. The maximum Gasteiger partial charge on any atom is 0.0841 e. The predicted octanol–water partition coefficient (Wildman–Crippen LogP) is 0.496. The first kappa shape index (κ1) is 6.03. The van der Waals surface area contributed by atoms with Crippen LogP contribution in [-0.4, -0.2) is 15.0 Å². The molecule has 0 radical (unpaired) electrons. The van der Waals surface area contributed by atoms with Crippen LogP contribution in [0.2, 0.25) is 0 Å². The first-order chi connectivity index (χ1) is 5.47. The van der Waals surface area contributed by atoms with Crippen LogP contribution in [-0.2, 0) is 0 Å². The molecule has 0 aliphatic carbocycles. The second-order valence-electron chi connectivity index (χ2n) is 2.00. The van der Waals surface area contributed by atoms with Gasteiger partial charge < -0.3 is 9.97 Å². The third kappa shape index (κ3) is 1.10. The van der Waals surface area contributed by atoms with Crippen molar-refractivity contribution in [2.75, 3.05) is 0 Å². The number of hydrogen-bond acceptors (Lipinski definition) is 3. The first-order valence-electron chi connectivity index (χ1n) is 3.16. The number of rotatable bonds is 1. The highest BCUT2D eigenvalue weighted by Crippen LogP contribution is 2.08. The molecule has 2 heterocycles. The second kappa shape index (κ2) is 2.49. The molecule has 2 aromatic rings. The van der Waals surface area contributed by atoms with Crippen LogP contribution < -0.4 is 4.98 Å². The SMILES string of the molecule is c1cnc(-c2c[n-]cn2)cn1. The summed E-state index contributed by atoms with van der Waals surface area (Å²) in [7, 11) is 0. The average Bonchev–Trinajstić information content (AvgIpc) is 2.58. The van der Waals surface area contributed by atoms with Gasteiger partial charge in [0.05, 0.1) is 11.9 Å². The lowest BCUT2D eigenvalue weighted by Crippen LogP contribution is -1.82. The number of nitrogens with zero attached hydrogens (tertiary/aromatic N) is 4. The molecule has 0 aromatic carbocycles. The minimum absolute atomic E-state index is 0.755. The van der Waals surface area contributed by atoms with Gasteiger partial charge in [0.15, 0.2) is 0 Å². The fourth-order valence-corrected chi connectivity index (χ4v) is 0.796. The van der Waals surface area contributed by atoms with Crippen molar-refractivity contribution in [3.8, 4) is 11.4 Å². The Morgan fingerprint density at radius 1 is 1.09 bits per heavy atom. The van der Waals surface area contributed by atoms with Gasteiger partial charge in [0.25, 0.3) is 0 Å². The summed E-state index contributed by atoms with van der Waals surface area (Å²) in [5, 5.41) is 0. The Balaban J connectivity index is 2.46. The van der Waals surface area contributed by atoms with E-state index < -0.39 is 0 Å². The van der Waals surface area contributed by atoms with Gasteiger partial charge in [0.2, 0.25) is 0 Å². The van der Waals surface area contributed by atoms with E-state index in [2.05, 4.69) is 19.9 Å². The largest absolute Gasteiger partial charge is 0.449 e. The van der Waals surface area contributed by atoms with Crippen LogP contribution in [0.3, 0.4) is 0 Å². The summed E-state index contributed by atoms with van der Waals surface area (Å²) in [4.78, 5) is 15.8. The summed E-state index contributed by atoms with van der Waals surface area (Å²) in [5.74, 6) is 0. The summed E-state index contributed by atoms with van der Waals surface area (Å²) in [6.07, 6.45) is 8.06. The zero-order valence-corrected chi connectivity index (χ0v) is 5.68. The van der Waals surface area contributed by atoms with Crippen molar-refractivity contribution < 1.29 is 0 Å². The Hall–Kier alpha value is -1.71. The highest BCUT2D eigenvalue weighted by molar-refractivity contribution is 5.50. The molecule has 4 heteroatoms. The van der Waals surface area contributed by atoms with Gasteiger partial charge >= 0.3 is 0 Å². The highest BCUT2D eigenvalue weighted by Gasteiger charge is 1.90. The van der Waals surface area contributed by atoms with Crippen LogP contribution in [0.1, 0.15) is 0 Å². The van der Waals surface area contributed by atoms with E-state index in [4.69, 9.17) is 0 Å². The van der Waals surface area contributed by atoms with Crippen molar-refractivity contribution in [3.63, 3.8) is 0 Å². The minimum atomic E-state index is 0.755. The van der Waals surface area contributed by atoms with Gasteiger partial charge in [-0.25, -0.2) is 0 Å². The normalized spacial score (nSPS) is 9.82. The van der Waals surface area contributed by atoms with Gasteiger partial charge in [-0.1, -0.05) is 12.5 Å². The molecule has 11 heavy (non-hydrogen) atoms. The van der Waals surface area contributed by atoms with Gasteiger partial charge in [0, 0.05) is 12.4 Å². The van der Waals surface area contributed by atoms with Crippen molar-refractivity contribution >= 4 is 0 Å². The summed E-state index contributed by atoms with van der Waals surface area (Å²) < 4.78 is 0. The smallest absolute Gasteiger partial charge is 0.0841 e. The van der Waals surface area contributed by atoms with Crippen molar-refractivity contribution in [1.29, 1.82) is 0 Å². The average molecular weight is 145 g/mol. The molecule has 0 fully saturated rings. The van der Waals surface area contributed by atoms with E-state index in [9.17, 15) is 0 Å². The fraction of sp³-hybridized carbons (Fsp3) is 0. The summed E-state index contributed by atoms with van der Waals surface area (Å²) >= 11 is 0. The van der Waals surface area contributed by atoms with E-state index in [0.29, 0.717) is 0 Å². The zero-order chi connectivity index (χ0) is 7.52. The number of imidazole rings is 1. The van der Waals surface area contributed by atoms with E-state index in [-0.39, 0.29) is 0 Å². The molecule has 2 rings (SSSR count). The van der Waals surface area contributed by atoms with Crippen molar-refractivity contribution in [3.05, 3.63) is 31.1 Å². The third-order valence-corrected chi connectivity index (χ3v) is 1.29. The molecule has 0 saturated heterocycles. The maximum atomic E-state index is 4.06. The Labute approximate surface area is 63.4 Å². The van der Waals surface area contributed by atoms with E-state index in [1.807, 2.05) is 0 Å². The Morgan fingerprint density at radius 3 is 2.73 bits per heavy atom. The first-order valence-corrected chi connectivity index (χ1v) is 3.16. The minimum Gasteiger partial charge on any atom is -0.449 e. The quantitative estimate of drug-likeness (QED) is 0.586. The van der Waals surface area contributed by atoms with Gasteiger partial charge in [0.1, 0.15) is 0 Å². The second-order valence-corrected chi connectivity index (χ2v) is 2.00. The molecule has 2 aromatic heterocycles. The summed E-state index contributed by atoms with van der Waals surface area (Å²) in [6, 6.07) is 0. The molecule has 54 valence electrons. The Morgan fingerprint density at radius 2 is 2.09 bits per heavy atom. The molecule has 0 aliphatic heterocycles. The zero-order valence-electron chi connectivity index (χ0n) is 5.68. The number of aromatic nitrogens is 4. The highest BCUT2D eigenvalue weighted by atomic mass is 14.9. The third-order valence-electron chi connectivity index (χ3n) is 1.29. The monoisotopic (exact) mass is 145 g/mol. The van der Waals surface area contributed by atoms with Crippen LogP contribution in [0.25, 0.3) is 11.4 Å². The van der Waals surface area contributed by atoms with Crippen LogP contribution in [0, 0.1) is 0 Å². The maximum absolute atomic E-state index is 4.06. The van der Waals surface area contributed by atoms with Gasteiger partial charge in [-0.05, 0) is 5.69 Å². The van der Waals surface area contributed by atoms with Crippen LogP contribution in [0.4, 0.5) is 0 Å². The van der Waals surface area contributed by atoms with E-state index in [0.717, 1.165) is 11.4 Å². The van der Waals surface area contributed by atoms with Crippen LogP contribution >= 0.6 is 0 Å². The molecule has 0 saturated carbocycles. The van der Waals surface area contributed by atoms with Gasteiger partial charge in [-0.3, -0.25) is 9.97 Å². The standard InChI is InChI=1S/C7H5N4/c1-2-10-6(3-8-1)7-4-9-5-11-7/h1-5H/q-1. The van der Waals surface area contributed by atoms with Gasteiger partial charge in [-0.15, -0.1) is 0 Å². The molecule has 0 amide bonds. The van der Waals surface area contributed by atoms with E-state index in [1.165, 1.54) is 6.33 Å². The van der Waals surface area contributed by atoms with Crippen molar-refractivity contribution in [2.24, 2.45) is 0 Å². The molecule has 0 spiro atoms. The molecule has 0 atom stereocenters. The molecular formula is C7H5N4-. The molecule has 0 aliphatic rings. The van der Waals surface area contributed by atoms with Crippen molar-refractivity contribution in [1.82, 2.24) is 19.9 Å². The topological polar surface area (TPSA) is 52.8 Å². The Bertz CT molecular complexity index is 313. The lowest BCUT2D eigenvalue weighted by molar-refractivity contribution is 1.19. The summed E-state index contributed by atoms with van der Waals surface area (Å²) in [6.45, 7) is 0. The van der Waals surface area contributed by atoms with Crippen molar-refractivity contribution in [2.45, 2.75) is 0 Å². The number of hydrogen-bond donors (Lipinski definition) is 0. The molecular weight excluding hydrogens is 140 g/mol. The molecule has 0 bridgehead atoms. The van der Waals surface area contributed by atoms with Crippen LogP contribution in [0.5, 0.6) is 0 Å². The lowest BCUT2D eigenvalue weighted by atomic mass is 10.3. The predicted molar refractivity (Wildman–Crippen MR) is 38.6 cm³/mol. The molecule has 0 unspecified atom stereocenters.